The minimum Gasteiger partial charge on any atom is -0.480 e. The number of guanidine groups is 1. The molecule has 0 aromatic heterocycles. The minimum absolute atomic E-state index is 0.0376. The molecule has 14 N–H and O–H groups in total. The van der Waals surface area contributed by atoms with E-state index < -0.39 is 59.7 Å². The van der Waals surface area contributed by atoms with E-state index in [1.807, 2.05) is 0 Å². The summed E-state index contributed by atoms with van der Waals surface area (Å²) in [5, 5.41) is 16.7. The molecule has 16 nitrogen and oxygen atoms in total. The van der Waals surface area contributed by atoms with E-state index in [4.69, 9.17) is 28.7 Å². The van der Waals surface area contributed by atoms with Crippen LogP contribution < -0.4 is 44.6 Å². The molecule has 38 heavy (non-hydrogen) atoms. The van der Waals surface area contributed by atoms with Gasteiger partial charge in [-0.05, 0) is 44.1 Å². The van der Waals surface area contributed by atoms with Crippen molar-refractivity contribution >= 4 is 53.2 Å². The molecule has 0 aliphatic rings. The van der Waals surface area contributed by atoms with Gasteiger partial charge in [0.05, 0.1) is 6.04 Å². The van der Waals surface area contributed by atoms with Gasteiger partial charge in [-0.25, -0.2) is 4.79 Å². The zero-order chi connectivity index (χ0) is 29.3. The number of carbonyl (C=O) groups is 6. The van der Waals surface area contributed by atoms with Gasteiger partial charge in [0.1, 0.15) is 18.1 Å². The number of amides is 5. The molecular formula is C21H39N9O7S. The van der Waals surface area contributed by atoms with Crippen LogP contribution in [-0.2, 0) is 28.8 Å². The molecule has 0 heterocycles. The van der Waals surface area contributed by atoms with E-state index >= 15 is 0 Å². The Hall–Kier alpha value is -3.60. The number of thioether (sulfide) groups is 1. The van der Waals surface area contributed by atoms with Gasteiger partial charge in [0.15, 0.2) is 5.96 Å². The highest BCUT2D eigenvalue weighted by Crippen LogP contribution is 2.07. The number of primary amides is 2. The number of carboxylic acids is 1. The predicted octanol–water partition coefficient (Wildman–Crippen LogP) is -3.81. The maximum absolute atomic E-state index is 13.1. The minimum atomic E-state index is -1.40. The summed E-state index contributed by atoms with van der Waals surface area (Å²) in [6.45, 7) is 0.159. The van der Waals surface area contributed by atoms with Crippen LogP contribution in [0.5, 0.6) is 0 Å². The van der Waals surface area contributed by atoms with Gasteiger partial charge in [-0.3, -0.25) is 29.0 Å². The number of rotatable bonds is 20. The van der Waals surface area contributed by atoms with E-state index in [1.54, 1.807) is 6.26 Å². The second-order valence-electron chi connectivity index (χ2n) is 8.37. The maximum atomic E-state index is 13.1. The largest absolute Gasteiger partial charge is 0.480 e. The third-order valence-corrected chi connectivity index (χ3v) is 5.80. The van der Waals surface area contributed by atoms with Crippen molar-refractivity contribution in [2.75, 3.05) is 18.6 Å². The Morgan fingerprint density at radius 3 is 1.76 bits per heavy atom. The number of aliphatic imine (C=N–C) groups is 1. The van der Waals surface area contributed by atoms with E-state index in [0.717, 1.165) is 0 Å². The number of carboxylic acid groups (broad SMARTS) is 1. The normalized spacial score (nSPS) is 13.7. The van der Waals surface area contributed by atoms with Gasteiger partial charge in [-0.1, -0.05) is 0 Å². The zero-order valence-electron chi connectivity index (χ0n) is 21.3. The lowest BCUT2D eigenvalue weighted by Crippen LogP contribution is -2.57. The van der Waals surface area contributed by atoms with Crippen LogP contribution in [0.3, 0.4) is 0 Å². The number of carbonyl (C=O) groups excluding carboxylic acids is 5. The number of aliphatic carboxylic acids is 1. The molecule has 0 saturated heterocycles. The van der Waals surface area contributed by atoms with Crippen LogP contribution in [0.1, 0.15) is 44.9 Å². The van der Waals surface area contributed by atoms with E-state index in [9.17, 15) is 33.9 Å². The first-order chi connectivity index (χ1) is 17.8. The third kappa shape index (κ3) is 15.5. The molecule has 0 rings (SSSR count). The molecule has 4 atom stereocenters. The van der Waals surface area contributed by atoms with Gasteiger partial charge in [0.25, 0.3) is 0 Å². The predicted molar refractivity (Wildman–Crippen MR) is 141 cm³/mol. The SMILES string of the molecule is CSCCC(NC(=O)C(CCCN=C(N)N)NC(=O)C(N)CCC(N)=O)C(=O)NC(CCC(N)=O)C(=O)O. The quantitative estimate of drug-likeness (QED) is 0.0394. The van der Waals surface area contributed by atoms with Crippen molar-refractivity contribution in [2.24, 2.45) is 33.7 Å². The highest BCUT2D eigenvalue weighted by molar-refractivity contribution is 7.98. The van der Waals surface area contributed by atoms with Crippen molar-refractivity contribution in [3.63, 3.8) is 0 Å². The maximum Gasteiger partial charge on any atom is 0.326 e. The molecule has 216 valence electrons. The van der Waals surface area contributed by atoms with E-state index in [0.29, 0.717) is 5.75 Å². The summed E-state index contributed by atoms with van der Waals surface area (Å²) in [5.41, 5.74) is 26.5. The topological polar surface area (TPSA) is 301 Å². The Labute approximate surface area is 224 Å². The lowest BCUT2D eigenvalue weighted by Gasteiger charge is -2.25. The lowest BCUT2D eigenvalue weighted by atomic mass is 10.1. The Morgan fingerprint density at radius 1 is 0.763 bits per heavy atom. The summed E-state index contributed by atoms with van der Waals surface area (Å²) in [7, 11) is 0. The number of nitrogens with two attached hydrogens (primary N) is 5. The fraction of sp³-hybridized carbons (Fsp3) is 0.667. The molecule has 0 aromatic rings. The van der Waals surface area contributed by atoms with Crippen molar-refractivity contribution in [3.8, 4) is 0 Å². The molecule has 0 saturated carbocycles. The molecule has 0 fully saturated rings. The van der Waals surface area contributed by atoms with Gasteiger partial charge >= 0.3 is 5.97 Å². The number of nitrogens with zero attached hydrogens (tertiary/aromatic N) is 1. The monoisotopic (exact) mass is 561 g/mol. The molecule has 0 aromatic carbocycles. The summed E-state index contributed by atoms with van der Waals surface area (Å²) >= 11 is 1.39. The first-order valence-corrected chi connectivity index (χ1v) is 13.2. The van der Waals surface area contributed by atoms with E-state index in [2.05, 4.69) is 20.9 Å². The van der Waals surface area contributed by atoms with Gasteiger partial charge in [0.2, 0.25) is 29.5 Å². The highest BCUT2D eigenvalue weighted by Gasteiger charge is 2.30. The molecule has 0 aliphatic carbocycles. The van der Waals surface area contributed by atoms with E-state index in [-0.39, 0.29) is 57.5 Å². The molecule has 0 bridgehead atoms. The first kappa shape index (κ1) is 34.4. The summed E-state index contributed by atoms with van der Waals surface area (Å²) in [6, 6.07) is -4.81. The number of hydrogen-bond donors (Lipinski definition) is 9. The molecule has 0 aliphatic heterocycles. The first-order valence-electron chi connectivity index (χ1n) is 11.8. The lowest BCUT2D eigenvalue weighted by molar-refractivity contribution is -0.142. The summed E-state index contributed by atoms with van der Waals surface area (Å²) in [5.74, 6) is -4.68. The Bertz CT molecular complexity index is 868. The summed E-state index contributed by atoms with van der Waals surface area (Å²) in [4.78, 5) is 75.9. The highest BCUT2D eigenvalue weighted by atomic mass is 32.2. The van der Waals surface area contributed by atoms with Crippen molar-refractivity contribution < 1.29 is 33.9 Å². The van der Waals surface area contributed by atoms with Crippen LogP contribution in [0.25, 0.3) is 0 Å². The fourth-order valence-electron chi connectivity index (χ4n) is 3.07. The molecule has 0 spiro atoms. The second kappa shape index (κ2) is 18.6. The molecule has 17 heteroatoms. The third-order valence-electron chi connectivity index (χ3n) is 5.15. The Balaban J connectivity index is 5.59. The Kier molecular flexibility index (Phi) is 16.9. The van der Waals surface area contributed by atoms with Crippen LogP contribution in [0.4, 0.5) is 0 Å². The van der Waals surface area contributed by atoms with E-state index in [1.165, 1.54) is 11.8 Å². The van der Waals surface area contributed by atoms with Crippen LogP contribution in [0, 0.1) is 0 Å². The summed E-state index contributed by atoms with van der Waals surface area (Å²) in [6.07, 6.45) is 1.62. The van der Waals surface area contributed by atoms with Crippen molar-refractivity contribution in [2.45, 2.75) is 69.1 Å². The zero-order valence-corrected chi connectivity index (χ0v) is 22.1. The van der Waals surface area contributed by atoms with Gasteiger partial charge in [0, 0.05) is 19.4 Å². The van der Waals surface area contributed by atoms with Crippen LogP contribution in [-0.4, -0.2) is 89.3 Å². The second-order valence-corrected chi connectivity index (χ2v) is 9.35. The van der Waals surface area contributed by atoms with Crippen molar-refractivity contribution in [1.82, 2.24) is 16.0 Å². The standard InChI is InChI=1S/C21H39N9O7S/c1-38-10-8-13(19(35)30-14(20(36)37)5-7-16(24)32)29-18(34)12(3-2-9-27-21(25)26)28-17(33)11(22)4-6-15(23)31/h11-14H,2-10,22H2,1H3,(H2,23,31)(H2,24,32)(H,28,33)(H,29,34)(H,30,35)(H,36,37)(H4,25,26,27). The molecule has 5 amide bonds. The Morgan fingerprint density at radius 2 is 1.26 bits per heavy atom. The number of nitrogens with one attached hydrogen (secondary N) is 3. The van der Waals surface area contributed by atoms with Crippen LogP contribution in [0.15, 0.2) is 4.99 Å². The summed E-state index contributed by atoms with van der Waals surface area (Å²) < 4.78 is 0. The van der Waals surface area contributed by atoms with Crippen LogP contribution >= 0.6 is 11.8 Å². The van der Waals surface area contributed by atoms with Gasteiger partial charge in [-0.2, -0.15) is 11.8 Å². The smallest absolute Gasteiger partial charge is 0.326 e. The van der Waals surface area contributed by atoms with Gasteiger partial charge < -0.3 is 49.7 Å². The van der Waals surface area contributed by atoms with Crippen molar-refractivity contribution in [1.29, 1.82) is 0 Å². The molecular weight excluding hydrogens is 522 g/mol. The molecule has 4 unspecified atom stereocenters. The van der Waals surface area contributed by atoms with Gasteiger partial charge in [-0.15, -0.1) is 0 Å². The van der Waals surface area contributed by atoms with Crippen LogP contribution in [0.2, 0.25) is 0 Å². The number of hydrogen-bond acceptors (Lipinski definition) is 9. The average molecular weight is 562 g/mol. The fourth-order valence-corrected chi connectivity index (χ4v) is 3.54. The molecule has 0 radical (unpaired) electrons. The van der Waals surface area contributed by atoms with Crippen molar-refractivity contribution in [3.05, 3.63) is 0 Å². The average Bonchev–Trinajstić information content (AvgIpc) is 2.83.